The van der Waals surface area contributed by atoms with Crippen molar-refractivity contribution in [3.05, 3.63) is 12.2 Å². The third-order valence-corrected chi connectivity index (χ3v) is 4.03. The van der Waals surface area contributed by atoms with Crippen LogP contribution in [0.4, 0.5) is 0 Å². The monoisotopic (exact) mass is 308 g/mol. The Labute approximate surface area is 128 Å². The van der Waals surface area contributed by atoms with Crippen molar-refractivity contribution in [2.45, 2.75) is 44.6 Å². The number of carboxylic acid groups (broad SMARTS) is 1. The summed E-state index contributed by atoms with van der Waals surface area (Å²) in [5.74, 6) is -1.64. The molecule has 0 aromatic rings. The third-order valence-electron chi connectivity index (χ3n) is 4.03. The Morgan fingerprint density at radius 2 is 1.82 bits per heavy atom. The summed E-state index contributed by atoms with van der Waals surface area (Å²) in [7, 11) is 0. The van der Waals surface area contributed by atoms with E-state index in [1.165, 1.54) is 22.0 Å². The molecule has 22 heavy (non-hydrogen) atoms. The molecule has 0 unspecified atom stereocenters. The number of likely N-dealkylation sites (tertiary alicyclic amines) is 1. The molecule has 120 valence electrons. The van der Waals surface area contributed by atoms with E-state index < -0.39 is 12.0 Å². The highest BCUT2D eigenvalue weighted by Gasteiger charge is 2.33. The predicted molar refractivity (Wildman–Crippen MR) is 76.7 cm³/mol. The molecule has 1 saturated heterocycles. The number of carbonyl (C=O) groups excluding carboxylic acids is 3. The minimum absolute atomic E-state index is 0.125. The second-order valence-corrected chi connectivity index (χ2v) is 5.56. The molecule has 1 atom stereocenters. The molecular formula is C15H20N2O5. The van der Waals surface area contributed by atoms with Crippen LogP contribution in [-0.2, 0) is 19.2 Å². The maximum atomic E-state index is 12.0. The Morgan fingerprint density at radius 3 is 2.45 bits per heavy atom. The van der Waals surface area contributed by atoms with Crippen molar-refractivity contribution in [2.24, 2.45) is 0 Å². The number of hydrogen-bond acceptors (Lipinski definition) is 4. The van der Waals surface area contributed by atoms with E-state index in [-0.39, 0.29) is 17.7 Å². The van der Waals surface area contributed by atoms with Gasteiger partial charge >= 0.3 is 5.97 Å². The molecule has 7 nitrogen and oxygen atoms in total. The van der Waals surface area contributed by atoms with E-state index in [2.05, 4.69) is 0 Å². The Hall–Kier alpha value is -2.18. The number of imide groups is 1. The largest absolute Gasteiger partial charge is 0.480 e. The highest BCUT2D eigenvalue weighted by molar-refractivity contribution is 6.12. The Balaban J connectivity index is 1.64. The van der Waals surface area contributed by atoms with E-state index in [1.807, 2.05) is 0 Å². The zero-order valence-corrected chi connectivity index (χ0v) is 12.4. The second-order valence-electron chi connectivity index (χ2n) is 5.56. The van der Waals surface area contributed by atoms with Crippen LogP contribution >= 0.6 is 0 Å². The SMILES string of the molecule is O=C(O)[C@@H]1CCCN1C(=O)CCCCCN1C(=O)C=CC1=O. The van der Waals surface area contributed by atoms with Crippen LogP contribution in [0.5, 0.6) is 0 Å². The topological polar surface area (TPSA) is 95.0 Å². The van der Waals surface area contributed by atoms with Gasteiger partial charge < -0.3 is 10.0 Å². The highest BCUT2D eigenvalue weighted by Crippen LogP contribution is 2.19. The van der Waals surface area contributed by atoms with Crippen LogP contribution in [0, 0.1) is 0 Å². The maximum Gasteiger partial charge on any atom is 0.326 e. The minimum atomic E-state index is -0.940. The summed E-state index contributed by atoms with van der Waals surface area (Å²) in [5.41, 5.74) is 0. The van der Waals surface area contributed by atoms with Gasteiger partial charge in [0.05, 0.1) is 0 Å². The average Bonchev–Trinajstić information content (AvgIpc) is 3.08. The van der Waals surface area contributed by atoms with E-state index in [0.29, 0.717) is 45.2 Å². The number of rotatable bonds is 7. The first kappa shape index (κ1) is 16.2. The number of carbonyl (C=O) groups is 4. The van der Waals surface area contributed by atoms with Crippen molar-refractivity contribution in [3.63, 3.8) is 0 Å². The fourth-order valence-electron chi connectivity index (χ4n) is 2.84. The summed E-state index contributed by atoms with van der Waals surface area (Å²) in [6.45, 7) is 0.874. The van der Waals surface area contributed by atoms with Gasteiger partial charge in [0.15, 0.2) is 0 Å². The van der Waals surface area contributed by atoms with Gasteiger partial charge in [0.1, 0.15) is 6.04 Å². The smallest absolute Gasteiger partial charge is 0.326 e. The standard InChI is InChI=1S/C15H20N2O5/c18-12(16-10-4-5-11(16)15(21)22)6-2-1-3-9-17-13(19)7-8-14(17)20/h7-8,11H,1-6,9-10H2,(H,21,22)/t11-/m0/s1. The van der Waals surface area contributed by atoms with Crippen molar-refractivity contribution in [1.29, 1.82) is 0 Å². The Bertz CT molecular complexity index is 496. The van der Waals surface area contributed by atoms with Crippen LogP contribution in [0.3, 0.4) is 0 Å². The summed E-state index contributed by atoms with van der Waals surface area (Å²) in [6, 6.07) is -0.682. The van der Waals surface area contributed by atoms with Gasteiger partial charge in [-0.2, -0.15) is 0 Å². The Morgan fingerprint density at radius 1 is 1.14 bits per heavy atom. The number of amides is 3. The van der Waals surface area contributed by atoms with Gasteiger partial charge in [0, 0.05) is 31.7 Å². The molecule has 1 N–H and O–H groups in total. The molecule has 0 spiro atoms. The number of nitrogens with zero attached hydrogens (tertiary/aromatic N) is 2. The van der Waals surface area contributed by atoms with E-state index in [4.69, 9.17) is 5.11 Å². The van der Waals surface area contributed by atoms with E-state index in [0.717, 1.165) is 6.42 Å². The molecule has 3 amide bonds. The van der Waals surface area contributed by atoms with Gasteiger partial charge in [-0.15, -0.1) is 0 Å². The lowest BCUT2D eigenvalue weighted by atomic mass is 10.1. The number of aliphatic carboxylic acids is 1. The molecule has 2 rings (SSSR count). The van der Waals surface area contributed by atoms with Crippen LogP contribution in [0.25, 0.3) is 0 Å². The quantitative estimate of drug-likeness (QED) is 0.547. The van der Waals surface area contributed by atoms with Gasteiger partial charge in [-0.05, 0) is 25.7 Å². The lowest BCUT2D eigenvalue weighted by Crippen LogP contribution is -2.40. The molecule has 0 aromatic heterocycles. The highest BCUT2D eigenvalue weighted by atomic mass is 16.4. The summed E-state index contributed by atoms with van der Waals surface area (Å²) in [6.07, 6.45) is 6.07. The van der Waals surface area contributed by atoms with Crippen molar-refractivity contribution < 1.29 is 24.3 Å². The Kier molecular flexibility index (Phi) is 5.30. The number of unbranched alkanes of at least 4 members (excludes halogenated alkanes) is 2. The summed E-state index contributed by atoms with van der Waals surface area (Å²) in [4.78, 5) is 48.3. The van der Waals surface area contributed by atoms with Crippen LogP contribution < -0.4 is 0 Å². The van der Waals surface area contributed by atoms with Crippen molar-refractivity contribution in [1.82, 2.24) is 9.80 Å². The van der Waals surface area contributed by atoms with Crippen molar-refractivity contribution in [2.75, 3.05) is 13.1 Å². The summed E-state index contributed by atoms with van der Waals surface area (Å²) < 4.78 is 0. The van der Waals surface area contributed by atoms with Crippen molar-refractivity contribution >= 4 is 23.7 Å². The van der Waals surface area contributed by atoms with E-state index in [1.54, 1.807) is 0 Å². The molecule has 2 heterocycles. The second kappa shape index (κ2) is 7.20. The van der Waals surface area contributed by atoms with E-state index in [9.17, 15) is 19.2 Å². The average molecular weight is 308 g/mol. The minimum Gasteiger partial charge on any atom is -0.480 e. The fourth-order valence-corrected chi connectivity index (χ4v) is 2.84. The zero-order chi connectivity index (χ0) is 16.1. The summed E-state index contributed by atoms with van der Waals surface area (Å²) in [5, 5.41) is 9.04. The van der Waals surface area contributed by atoms with E-state index >= 15 is 0 Å². The number of carboxylic acids is 1. The first-order valence-electron chi connectivity index (χ1n) is 7.56. The maximum absolute atomic E-state index is 12.0. The van der Waals surface area contributed by atoms with Gasteiger partial charge in [-0.25, -0.2) is 4.79 Å². The molecule has 1 fully saturated rings. The molecule has 0 aliphatic carbocycles. The molecular weight excluding hydrogens is 288 g/mol. The molecule has 0 saturated carbocycles. The molecule has 0 aromatic carbocycles. The third kappa shape index (κ3) is 3.72. The van der Waals surface area contributed by atoms with Gasteiger partial charge in [0.25, 0.3) is 11.8 Å². The zero-order valence-electron chi connectivity index (χ0n) is 12.4. The molecule has 2 aliphatic rings. The first-order chi connectivity index (χ1) is 10.5. The fraction of sp³-hybridized carbons (Fsp3) is 0.600. The van der Waals surface area contributed by atoms with Crippen LogP contribution in [-0.4, -0.2) is 57.7 Å². The lowest BCUT2D eigenvalue weighted by Gasteiger charge is -2.21. The van der Waals surface area contributed by atoms with Crippen molar-refractivity contribution in [3.8, 4) is 0 Å². The van der Waals surface area contributed by atoms with Gasteiger partial charge in [0.2, 0.25) is 5.91 Å². The van der Waals surface area contributed by atoms with Crippen LogP contribution in [0.2, 0.25) is 0 Å². The molecule has 2 aliphatic heterocycles. The first-order valence-corrected chi connectivity index (χ1v) is 7.56. The predicted octanol–water partition coefficient (Wildman–Crippen LogP) is 0.547. The lowest BCUT2D eigenvalue weighted by molar-refractivity contribution is -0.148. The van der Waals surface area contributed by atoms with Crippen LogP contribution in [0.15, 0.2) is 12.2 Å². The number of hydrogen-bond donors (Lipinski definition) is 1. The molecule has 0 bridgehead atoms. The molecule has 0 radical (unpaired) electrons. The van der Waals surface area contributed by atoms with Crippen LogP contribution in [0.1, 0.15) is 38.5 Å². The van der Waals surface area contributed by atoms with Gasteiger partial charge in [-0.3, -0.25) is 19.3 Å². The van der Waals surface area contributed by atoms with Gasteiger partial charge in [-0.1, -0.05) is 6.42 Å². The summed E-state index contributed by atoms with van der Waals surface area (Å²) >= 11 is 0. The molecule has 7 heteroatoms. The normalized spacial score (nSPS) is 21.0.